The fraction of sp³-hybridized carbons (Fsp3) is 0.0500. The minimum atomic E-state index is -0.524. The van der Waals surface area contributed by atoms with E-state index >= 15 is 0 Å². The van der Waals surface area contributed by atoms with Crippen molar-refractivity contribution >= 4 is 39.6 Å². The number of benzene rings is 2. The third kappa shape index (κ3) is 3.74. The van der Waals surface area contributed by atoms with E-state index in [1.807, 2.05) is 24.3 Å². The summed E-state index contributed by atoms with van der Waals surface area (Å²) in [6, 6.07) is 16.3. The van der Waals surface area contributed by atoms with Gasteiger partial charge in [-0.15, -0.1) is 0 Å². The van der Waals surface area contributed by atoms with Crippen molar-refractivity contribution in [1.82, 2.24) is 15.0 Å². The molecule has 4 rings (SSSR count). The number of fused-ring (bicyclic) bond motifs is 1. The fourth-order valence-electron chi connectivity index (χ4n) is 2.90. The van der Waals surface area contributed by atoms with Crippen LogP contribution in [0.4, 0.5) is 28.7 Å². The van der Waals surface area contributed by atoms with E-state index in [0.29, 0.717) is 22.6 Å². The van der Waals surface area contributed by atoms with Crippen LogP contribution in [0.3, 0.4) is 0 Å². The highest BCUT2D eigenvalue weighted by atomic mass is 16.6. The molecule has 2 heterocycles. The fourth-order valence-corrected chi connectivity index (χ4v) is 2.90. The second-order valence-corrected chi connectivity index (χ2v) is 6.04. The summed E-state index contributed by atoms with van der Waals surface area (Å²) in [4.78, 5) is 23.8. The average molecular weight is 388 g/mol. The molecule has 29 heavy (non-hydrogen) atoms. The zero-order chi connectivity index (χ0) is 20.2. The van der Waals surface area contributed by atoms with Crippen LogP contribution in [0.2, 0.25) is 0 Å². The highest BCUT2D eigenvalue weighted by molar-refractivity contribution is 5.93. The highest BCUT2D eigenvalue weighted by Crippen LogP contribution is 2.34. The first-order valence-corrected chi connectivity index (χ1v) is 8.67. The van der Waals surface area contributed by atoms with E-state index in [2.05, 4.69) is 25.6 Å². The van der Waals surface area contributed by atoms with Gasteiger partial charge in [0.25, 0.3) is 0 Å². The molecule has 0 atom stereocenters. The van der Waals surface area contributed by atoms with Crippen LogP contribution in [-0.4, -0.2) is 27.0 Å². The number of ether oxygens (including phenoxy) is 1. The molecule has 144 valence electrons. The number of methoxy groups -OCH3 is 1. The maximum Gasteiger partial charge on any atom is 0.353 e. The Hall–Kier alpha value is -4.27. The van der Waals surface area contributed by atoms with Gasteiger partial charge in [-0.05, 0) is 24.3 Å². The third-order valence-corrected chi connectivity index (χ3v) is 4.22. The predicted molar refractivity (Wildman–Crippen MR) is 110 cm³/mol. The molecule has 2 aromatic carbocycles. The molecule has 0 radical (unpaired) electrons. The minimum absolute atomic E-state index is 0.0635. The van der Waals surface area contributed by atoms with Crippen molar-refractivity contribution in [2.45, 2.75) is 0 Å². The van der Waals surface area contributed by atoms with Gasteiger partial charge < -0.3 is 15.4 Å². The van der Waals surface area contributed by atoms with Gasteiger partial charge in [-0.2, -0.15) is 0 Å². The van der Waals surface area contributed by atoms with Crippen molar-refractivity contribution in [1.29, 1.82) is 0 Å². The molecule has 9 heteroatoms. The van der Waals surface area contributed by atoms with E-state index in [1.54, 1.807) is 43.6 Å². The van der Waals surface area contributed by atoms with E-state index in [9.17, 15) is 10.1 Å². The van der Waals surface area contributed by atoms with Crippen LogP contribution in [0.1, 0.15) is 0 Å². The lowest BCUT2D eigenvalue weighted by Gasteiger charge is -2.11. The normalized spacial score (nSPS) is 10.5. The first-order valence-electron chi connectivity index (χ1n) is 8.67. The maximum absolute atomic E-state index is 11.8. The molecule has 0 saturated carbocycles. The van der Waals surface area contributed by atoms with E-state index in [1.165, 1.54) is 6.33 Å². The Labute approximate surface area is 165 Å². The molecule has 2 aromatic heterocycles. The summed E-state index contributed by atoms with van der Waals surface area (Å²) in [7, 11) is 1.55. The number of hydrogen-bond acceptors (Lipinski definition) is 8. The Morgan fingerprint density at radius 2 is 1.72 bits per heavy atom. The van der Waals surface area contributed by atoms with E-state index in [4.69, 9.17) is 4.74 Å². The van der Waals surface area contributed by atoms with Gasteiger partial charge in [0.15, 0.2) is 0 Å². The number of nitrogens with zero attached hydrogens (tertiary/aromatic N) is 4. The van der Waals surface area contributed by atoms with E-state index in [-0.39, 0.29) is 17.3 Å². The van der Waals surface area contributed by atoms with Crippen LogP contribution < -0.4 is 15.4 Å². The third-order valence-electron chi connectivity index (χ3n) is 4.22. The zero-order valence-corrected chi connectivity index (χ0v) is 15.4. The smallest absolute Gasteiger partial charge is 0.353 e. The summed E-state index contributed by atoms with van der Waals surface area (Å²) in [6.07, 6.45) is 2.92. The van der Waals surface area contributed by atoms with Crippen molar-refractivity contribution in [3.63, 3.8) is 0 Å². The number of nitro groups is 1. The summed E-state index contributed by atoms with van der Waals surface area (Å²) in [5, 5.41) is 18.7. The molecular formula is C20H16N6O3. The summed E-state index contributed by atoms with van der Waals surface area (Å²) in [5.74, 6) is 0.745. The first kappa shape index (κ1) is 18.1. The lowest BCUT2D eigenvalue weighted by atomic mass is 10.2. The molecule has 0 aliphatic rings. The van der Waals surface area contributed by atoms with Crippen molar-refractivity contribution < 1.29 is 9.66 Å². The molecule has 0 fully saturated rings. The Kier molecular flexibility index (Phi) is 4.85. The number of hydrogen-bond donors (Lipinski definition) is 2. The summed E-state index contributed by atoms with van der Waals surface area (Å²) in [6.45, 7) is 0. The first-order chi connectivity index (χ1) is 14.2. The molecule has 0 unspecified atom stereocenters. The molecule has 0 spiro atoms. The molecular weight excluding hydrogens is 372 g/mol. The number of nitrogens with one attached hydrogen (secondary N) is 2. The lowest BCUT2D eigenvalue weighted by Crippen LogP contribution is -2.06. The predicted octanol–water partition coefficient (Wildman–Crippen LogP) is 4.43. The molecule has 2 N–H and O–H groups in total. The largest absolute Gasteiger partial charge is 0.497 e. The molecule has 0 aliphatic carbocycles. The van der Waals surface area contributed by atoms with Crippen molar-refractivity contribution in [2.75, 3.05) is 17.7 Å². The van der Waals surface area contributed by atoms with E-state index in [0.717, 1.165) is 5.39 Å². The Bertz CT molecular complexity index is 1190. The Balaban J connectivity index is 1.74. The molecule has 0 saturated heterocycles. The van der Waals surface area contributed by atoms with Gasteiger partial charge in [0.1, 0.15) is 12.1 Å². The van der Waals surface area contributed by atoms with Crippen LogP contribution in [0, 0.1) is 10.1 Å². The Morgan fingerprint density at radius 3 is 2.52 bits per heavy atom. The van der Waals surface area contributed by atoms with E-state index < -0.39 is 4.92 Å². The van der Waals surface area contributed by atoms with Gasteiger partial charge in [-0.1, -0.05) is 24.3 Å². The van der Waals surface area contributed by atoms with Crippen LogP contribution >= 0.6 is 0 Å². The van der Waals surface area contributed by atoms with Gasteiger partial charge in [-0.3, -0.25) is 15.1 Å². The van der Waals surface area contributed by atoms with Crippen molar-refractivity contribution in [2.24, 2.45) is 0 Å². The summed E-state index contributed by atoms with van der Waals surface area (Å²) in [5.41, 5.74) is 1.62. The van der Waals surface area contributed by atoms with Gasteiger partial charge >= 0.3 is 5.69 Å². The van der Waals surface area contributed by atoms with Crippen molar-refractivity contribution in [3.05, 3.63) is 77.2 Å². The summed E-state index contributed by atoms with van der Waals surface area (Å²) >= 11 is 0. The lowest BCUT2D eigenvalue weighted by molar-refractivity contribution is -0.383. The molecule has 0 amide bonds. The number of pyridine rings is 1. The SMILES string of the molecule is COc1cccc(Nc2ncnc(Nc3cccc4cccnc34)c2[N+](=O)[O-])c1. The number of rotatable bonds is 6. The quantitative estimate of drug-likeness (QED) is 0.368. The standard InChI is InChI=1S/C20H16N6O3/c1-29-15-8-3-7-14(11-15)24-19-18(26(27)28)20(23-12-22-19)25-16-9-2-5-13-6-4-10-21-17(13)16/h2-12H,1H3,(H2,22,23,24,25). The highest BCUT2D eigenvalue weighted by Gasteiger charge is 2.24. The van der Waals surface area contributed by atoms with Crippen LogP contribution in [-0.2, 0) is 0 Å². The summed E-state index contributed by atoms with van der Waals surface area (Å²) < 4.78 is 5.19. The second kappa shape index (κ2) is 7.77. The molecule has 9 nitrogen and oxygen atoms in total. The van der Waals surface area contributed by atoms with Crippen LogP contribution in [0.5, 0.6) is 5.75 Å². The number of aromatic nitrogens is 3. The topological polar surface area (TPSA) is 115 Å². The van der Waals surface area contributed by atoms with Gasteiger partial charge in [0.2, 0.25) is 11.6 Å². The van der Waals surface area contributed by atoms with Crippen LogP contribution in [0.25, 0.3) is 10.9 Å². The monoisotopic (exact) mass is 388 g/mol. The second-order valence-electron chi connectivity index (χ2n) is 6.04. The molecule has 4 aromatic rings. The Morgan fingerprint density at radius 1 is 0.966 bits per heavy atom. The van der Waals surface area contributed by atoms with Gasteiger partial charge in [-0.25, -0.2) is 9.97 Å². The zero-order valence-electron chi connectivity index (χ0n) is 15.4. The number of anilines is 4. The van der Waals surface area contributed by atoms with Gasteiger partial charge in [0, 0.05) is 23.3 Å². The molecule has 0 bridgehead atoms. The molecule has 0 aliphatic heterocycles. The van der Waals surface area contributed by atoms with Crippen molar-refractivity contribution in [3.8, 4) is 5.75 Å². The average Bonchev–Trinajstić information content (AvgIpc) is 2.74. The van der Waals surface area contributed by atoms with Crippen LogP contribution in [0.15, 0.2) is 67.1 Å². The minimum Gasteiger partial charge on any atom is -0.497 e. The van der Waals surface area contributed by atoms with Gasteiger partial charge in [0.05, 0.1) is 23.2 Å². The number of para-hydroxylation sites is 1. The maximum atomic E-state index is 11.8.